The molecule has 0 amide bonds. The third-order valence-corrected chi connectivity index (χ3v) is 8.62. The van der Waals surface area contributed by atoms with Gasteiger partial charge in [0.1, 0.15) is 11.8 Å². The van der Waals surface area contributed by atoms with Gasteiger partial charge in [-0.3, -0.25) is 4.79 Å². The molecule has 1 heterocycles. The molecule has 5 nitrogen and oxygen atoms in total. The third kappa shape index (κ3) is 1.77. The van der Waals surface area contributed by atoms with Gasteiger partial charge in [0.25, 0.3) is 0 Å². The fourth-order valence-corrected chi connectivity index (χ4v) is 7.38. The largest absolute Gasteiger partial charge is 0.478 e. The maximum atomic E-state index is 15.4. The first-order chi connectivity index (χ1) is 12.6. The molecule has 5 aliphatic rings. The summed E-state index contributed by atoms with van der Waals surface area (Å²) in [5, 5.41) is 20.6. The van der Waals surface area contributed by atoms with Crippen molar-refractivity contribution in [3.05, 3.63) is 23.3 Å². The van der Waals surface area contributed by atoms with Crippen molar-refractivity contribution in [2.24, 2.45) is 28.6 Å². The van der Waals surface area contributed by atoms with Crippen LogP contribution in [0.3, 0.4) is 0 Å². The van der Waals surface area contributed by atoms with Crippen LogP contribution >= 0.6 is 0 Å². The lowest BCUT2D eigenvalue weighted by Crippen LogP contribution is -2.61. The van der Waals surface area contributed by atoms with Gasteiger partial charge in [0.15, 0.2) is 5.78 Å². The molecule has 5 rings (SSSR count). The smallest absolute Gasteiger partial charge is 0.332 e. The van der Waals surface area contributed by atoms with E-state index in [2.05, 4.69) is 6.92 Å². The lowest BCUT2D eigenvalue weighted by molar-refractivity contribution is -0.136. The quantitative estimate of drug-likeness (QED) is 0.687. The highest BCUT2D eigenvalue weighted by atomic mass is 19.1. The lowest BCUT2D eigenvalue weighted by Gasteiger charge is -2.55. The molecule has 0 bridgehead atoms. The number of rotatable bonds is 1. The molecular weight excluding hydrogens is 351 g/mol. The Kier molecular flexibility index (Phi) is 3.18. The zero-order valence-electron chi connectivity index (χ0n) is 15.7. The third-order valence-electron chi connectivity index (χ3n) is 8.62. The molecule has 1 aliphatic heterocycles. The first kappa shape index (κ1) is 17.6. The summed E-state index contributed by atoms with van der Waals surface area (Å²) in [6, 6.07) is 0. The molecule has 0 aromatic heterocycles. The molecule has 4 aliphatic carbocycles. The maximum absolute atomic E-state index is 15.4. The minimum atomic E-state index is -1.38. The number of carbonyl (C=O) groups excluding carboxylic acids is 1. The van der Waals surface area contributed by atoms with Gasteiger partial charge in [0.05, 0.1) is 23.2 Å². The molecule has 3 saturated carbocycles. The van der Waals surface area contributed by atoms with Crippen LogP contribution in [-0.4, -0.2) is 45.9 Å². The monoisotopic (exact) mass is 376 g/mol. The van der Waals surface area contributed by atoms with Crippen LogP contribution in [0.15, 0.2) is 23.3 Å². The van der Waals surface area contributed by atoms with E-state index >= 15 is 4.39 Å². The van der Waals surface area contributed by atoms with Crippen molar-refractivity contribution in [1.82, 2.24) is 0 Å². The highest BCUT2D eigenvalue weighted by molar-refractivity contribution is 6.08. The molecule has 9 atom stereocenters. The number of carboxylic acid groups (broad SMARTS) is 1. The summed E-state index contributed by atoms with van der Waals surface area (Å²) in [5.41, 5.74) is -2.10. The van der Waals surface area contributed by atoms with E-state index in [-0.39, 0.29) is 46.8 Å². The topological polar surface area (TPSA) is 87.1 Å². The second-order valence-corrected chi connectivity index (χ2v) is 9.67. The van der Waals surface area contributed by atoms with Crippen molar-refractivity contribution in [2.75, 3.05) is 0 Å². The Balaban J connectivity index is 1.68. The molecule has 27 heavy (non-hydrogen) atoms. The van der Waals surface area contributed by atoms with Crippen molar-refractivity contribution in [2.45, 2.75) is 64.0 Å². The van der Waals surface area contributed by atoms with E-state index in [0.717, 1.165) is 12.5 Å². The van der Waals surface area contributed by atoms with Crippen LogP contribution in [-0.2, 0) is 14.3 Å². The van der Waals surface area contributed by atoms with Gasteiger partial charge in [-0.2, -0.15) is 0 Å². The standard InChI is InChI=1S/C21H25FO5/c1-9-4-11-12-7-15(22)13-5-10(23)6-14(18(25)26)20(13,3)21(12)16(27-21)8-19(11,2)17(9)24/h5-6,9,11-12,15-17,24H,4,7-8H2,1-3H3,(H,25,26)/t9-,11?,12?,15+,16+,17-,19+,20-,21-/m1/s1. The van der Waals surface area contributed by atoms with Crippen LogP contribution in [0.2, 0.25) is 0 Å². The summed E-state index contributed by atoms with van der Waals surface area (Å²) < 4.78 is 21.6. The summed E-state index contributed by atoms with van der Waals surface area (Å²) >= 11 is 0. The van der Waals surface area contributed by atoms with Crippen LogP contribution in [0.25, 0.3) is 0 Å². The second kappa shape index (κ2) is 4.90. The maximum Gasteiger partial charge on any atom is 0.332 e. The van der Waals surface area contributed by atoms with Crippen molar-refractivity contribution in [3.63, 3.8) is 0 Å². The number of aliphatic hydroxyl groups excluding tert-OH is 1. The summed E-state index contributed by atoms with van der Waals surface area (Å²) in [6.07, 6.45) is 1.99. The van der Waals surface area contributed by atoms with Crippen molar-refractivity contribution in [3.8, 4) is 0 Å². The average molecular weight is 376 g/mol. The zero-order valence-corrected chi connectivity index (χ0v) is 15.7. The summed E-state index contributed by atoms with van der Waals surface area (Å²) in [6.45, 7) is 5.83. The Bertz CT molecular complexity index is 832. The number of ketones is 1. The van der Waals surface area contributed by atoms with Crippen molar-refractivity contribution in [1.29, 1.82) is 0 Å². The fraction of sp³-hybridized carbons (Fsp3) is 0.714. The van der Waals surface area contributed by atoms with Gasteiger partial charge < -0.3 is 14.9 Å². The number of aliphatic hydroxyl groups is 1. The normalized spacial score (nSPS) is 55.5. The molecular formula is C21H25FO5. The molecule has 1 saturated heterocycles. The molecule has 2 N–H and O–H groups in total. The summed E-state index contributed by atoms with van der Waals surface area (Å²) in [7, 11) is 0. The van der Waals surface area contributed by atoms with E-state index in [1.165, 1.54) is 6.08 Å². The molecule has 6 heteroatoms. The Hall–Kier alpha value is -1.53. The van der Waals surface area contributed by atoms with Gasteiger partial charge in [-0.25, -0.2) is 9.18 Å². The number of hydrogen-bond donors (Lipinski definition) is 2. The predicted octanol–water partition coefficient (Wildman–Crippen LogP) is 2.44. The zero-order chi connectivity index (χ0) is 19.5. The fourth-order valence-electron chi connectivity index (χ4n) is 7.38. The van der Waals surface area contributed by atoms with E-state index in [9.17, 15) is 19.8 Å². The highest BCUT2D eigenvalue weighted by Gasteiger charge is 2.82. The molecule has 0 aromatic rings. The Morgan fingerprint density at radius 3 is 2.63 bits per heavy atom. The number of fused-ring (bicyclic) bond motifs is 3. The van der Waals surface area contributed by atoms with E-state index in [1.807, 2.05) is 6.92 Å². The van der Waals surface area contributed by atoms with Gasteiger partial charge in [-0.1, -0.05) is 13.8 Å². The van der Waals surface area contributed by atoms with E-state index < -0.39 is 35.0 Å². The van der Waals surface area contributed by atoms with Crippen LogP contribution in [0, 0.1) is 28.6 Å². The van der Waals surface area contributed by atoms with E-state index in [1.54, 1.807) is 6.92 Å². The Morgan fingerprint density at radius 2 is 1.96 bits per heavy atom. The van der Waals surface area contributed by atoms with E-state index in [0.29, 0.717) is 6.42 Å². The van der Waals surface area contributed by atoms with Gasteiger partial charge in [-0.15, -0.1) is 0 Å². The van der Waals surface area contributed by atoms with Crippen molar-refractivity contribution < 1.29 is 28.9 Å². The highest BCUT2D eigenvalue weighted by Crippen LogP contribution is 2.76. The number of hydrogen-bond acceptors (Lipinski definition) is 4. The van der Waals surface area contributed by atoms with Crippen LogP contribution in [0.1, 0.15) is 40.0 Å². The van der Waals surface area contributed by atoms with Gasteiger partial charge in [0.2, 0.25) is 0 Å². The molecule has 0 radical (unpaired) electrons. The number of ether oxygens (including phenoxy) is 1. The molecule has 4 fully saturated rings. The first-order valence-corrected chi connectivity index (χ1v) is 9.78. The predicted molar refractivity (Wildman–Crippen MR) is 93.5 cm³/mol. The summed E-state index contributed by atoms with van der Waals surface area (Å²) in [5.74, 6) is -1.64. The SMILES string of the molecule is C[C@@H]1CC2C3C[C@H](F)C4=CC(=O)C=C(C(=O)O)[C@]4(C)[C@@]34O[C@H]4C[C@]2(C)[C@@H]1O. The number of carboxylic acids is 1. The summed E-state index contributed by atoms with van der Waals surface area (Å²) in [4.78, 5) is 24.1. The van der Waals surface area contributed by atoms with Crippen LogP contribution < -0.4 is 0 Å². The molecule has 146 valence electrons. The number of halogens is 1. The Morgan fingerprint density at radius 1 is 1.26 bits per heavy atom. The van der Waals surface area contributed by atoms with Gasteiger partial charge in [-0.05, 0) is 67.1 Å². The van der Waals surface area contributed by atoms with Crippen LogP contribution in [0.4, 0.5) is 4.39 Å². The minimum Gasteiger partial charge on any atom is -0.478 e. The lowest BCUT2D eigenvalue weighted by atomic mass is 9.46. The molecule has 1 spiro atoms. The number of epoxide rings is 1. The number of allylic oxidation sites excluding steroid dienone is 2. The first-order valence-electron chi connectivity index (χ1n) is 9.78. The van der Waals surface area contributed by atoms with E-state index in [4.69, 9.17) is 4.74 Å². The molecule has 2 unspecified atom stereocenters. The van der Waals surface area contributed by atoms with Gasteiger partial charge >= 0.3 is 5.97 Å². The number of alkyl halides is 1. The Labute approximate surface area is 157 Å². The average Bonchev–Trinajstić information content (AvgIpc) is 3.26. The van der Waals surface area contributed by atoms with Crippen molar-refractivity contribution >= 4 is 11.8 Å². The van der Waals surface area contributed by atoms with Gasteiger partial charge in [0, 0.05) is 0 Å². The van der Waals surface area contributed by atoms with Crippen LogP contribution in [0.5, 0.6) is 0 Å². The number of carbonyl (C=O) groups is 2. The second-order valence-electron chi connectivity index (χ2n) is 9.67. The molecule has 0 aromatic carbocycles. The minimum absolute atomic E-state index is 0.0601. The number of aliphatic carboxylic acids is 1.